The van der Waals surface area contributed by atoms with Crippen molar-refractivity contribution in [2.45, 2.75) is 23.8 Å². The van der Waals surface area contributed by atoms with E-state index >= 15 is 0 Å². The second-order valence-corrected chi connectivity index (χ2v) is 5.01. The summed E-state index contributed by atoms with van der Waals surface area (Å²) in [4.78, 5) is 0.536. The summed E-state index contributed by atoms with van der Waals surface area (Å²) in [6.07, 6.45) is 2.98. The van der Waals surface area contributed by atoms with Gasteiger partial charge in [-0.1, -0.05) is 11.6 Å². The molecule has 0 amide bonds. The summed E-state index contributed by atoms with van der Waals surface area (Å²) in [5.41, 5.74) is 0.269. The van der Waals surface area contributed by atoms with Crippen molar-refractivity contribution < 1.29 is 9.50 Å². The zero-order chi connectivity index (χ0) is 11.0. The molecule has 0 spiro atoms. The van der Waals surface area contributed by atoms with Gasteiger partial charge in [-0.3, -0.25) is 0 Å². The average molecular weight is 247 g/mol. The number of aliphatic hydroxyl groups is 1. The second kappa shape index (κ2) is 4.32. The fraction of sp³-hybridized carbons (Fsp3) is 0.455. The van der Waals surface area contributed by atoms with Crippen molar-refractivity contribution in [1.29, 1.82) is 0 Å². The Morgan fingerprint density at radius 3 is 2.73 bits per heavy atom. The molecule has 0 heterocycles. The normalized spacial score (nSPS) is 17.9. The molecule has 0 aliphatic heterocycles. The third-order valence-corrected chi connectivity index (χ3v) is 3.76. The van der Waals surface area contributed by atoms with Crippen LogP contribution in [0, 0.1) is 11.7 Å². The Labute approximate surface area is 97.6 Å². The lowest BCUT2D eigenvalue weighted by atomic mass is 10.0. The Bertz CT molecular complexity index is 379. The molecule has 1 aromatic rings. The van der Waals surface area contributed by atoms with E-state index in [-0.39, 0.29) is 17.3 Å². The molecule has 1 atom stereocenters. The van der Waals surface area contributed by atoms with Crippen LogP contribution in [0.25, 0.3) is 0 Å². The fourth-order valence-corrected chi connectivity index (χ4v) is 2.38. The van der Waals surface area contributed by atoms with E-state index in [1.165, 1.54) is 11.8 Å². The van der Waals surface area contributed by atoms with Gasteiger partial charge in [-0.15, -0.1) is 11.8 Å². The van der Waals surface area contributed by atoms with Crippen LogP contribution in [0.3, 0.4) is 0 Å². The standard InChI is InChI=1S/C11H12ClFOS/c1-15-8-5-4-7(12)9(10(8)13)11(14)6-2-3-6/h4-6,11,14H,2-3H2,1H3. The minimum atomic E-state index is -0.746. The second-order valence-electron chi connectivity index (χ2n) is 3.76. The van der Waals surface area contributed by atoms with E-state index in [0.29, 0.717) is 9.92 Å². The maximum atomic E-state index is 13.9. The zero-order valence-electron chi connectivity index (χ0n) is 8.34. The highest BCUT2D eigenvalue weighted by Gasteiger charge is 2.34. The molecule has 0 radical (unpaired) electrons. The molecule has 1 aliphatic rings. The van der Waals surface area contributed by atoms with Crippen LogP contribution in [0.1, 0.15) is 24.5 Å². The summed E-state index contributed by atoms with van der Waals surface area (Å²) in [6.45, 7) is 0. The van der Waals surface area contributed by atoms with Crippen molar-refractivity contribution in [1.82, 2.24) is 0 Å². The Hall–Kier alpha value is -0.250. The lowest BCUT2D eigenvalue weighted by Crippen LogP contribution is -2.04. The number of benzene rings is 1. The molecule has 1 aliphatic carbocycles. The van der Waals surface area contributed by atoms with Gasteiger partial charge in [-0.05, 0) is 37.1 Å². The van der Waals surface area contributed by atoms with Gasteiger partial charge in [-0.2, -0.15) is 0 Å². The highest BCUT2D eigenvalue weighted by Crippen LogP contribution is 2.44. The van der Waals surface area contributed by atoms with Crippen molar-refractivity contribution in [3.8, 4) is 0 Å². The van der Waals surface area contributed by atoms with Crippen LogP contribution in [0.15, 0.2) is 17.0 Å². The van der Waals surface area contributed by atoms with Crippen molar-refractivity contribution in [3.05, 3.63) is 28.5 Å². The first kappa shape index (κ1) is 11.2. The smallest absolute Gasteiger partial charge is 0.144 e. The number of hydrogen-bond acceptors (Lipinski definition) is 2. The van der Waals surface area contributed by atoms with E-state index in [0.717, 1.165) is 12.8 Å². The van der Waals surface area contributed by atoms with E-state index in [2.05, 4.69) is 0 Å². The van der Waals surface area contributed by atoms with Crippen molar-refractivity contribution in [2.75, 3.05) is 6.26 Å². The molecule has 15 heavy (non-hydrogen) atoms. The highest BCUT2D eigenvalue weighted by molar-refractivity contribution is 7.98. The van der Waals surface area contributed by atoms with Gasteiger partial charge in [0, 0.05) is 15.5 Å². The molecule has 0 saturated heterocycles. The van der Waals surface area contributed by atoms with Gasteiger partial charge in [-0.25, -0.2) is 4.39 Å². The predicted octanol–water partition coefficient (Wildman–Crippen LogP) is 3.64. The number of rotatable bonds is 3. The van der Waals surface area contributed by atoms with Crippen molar-refractivity contribution >= 4 is 23.4 Å². The van der Waals surface area contributed by atoms with Crippen molar-refractivity contribution in [3.63, 3.8) is 0 Å². The minimum absolute atomic E-state index is 0.189. The third kappa shape index (κ3) is 2.14. The van der Waals surface area contributed by atoms with Gasteiger partial charge in [0.2, 0.25) is 0 Å². The Kier molecular flexibility index (Phi) is 3.24. The summed E-state index contributed by atoms with van der Waals surface area (Å²) >= 11 is 7.24. The lowest BCUT2D eigenvalue weighted by Gasteiger charge is -2.14. The zero-order valence-corrected chi connectivity index (χ0v) is 9.91. The van der Waals surface area contributed by atoms with Crippen LogP contribution in [-0.4, -0.2) is 11.4 Å². The van der Waals surface area contributed by atoms with Gasteiger partial charge < -0.3 is 5.11 Å². The van der Waals surface area contributed by atoms with Crippen LogP contribution in [0.2, 0.25) is 5.02 Å². The van der Waals surface area contributed by atoms with Gasteiger partial charge >= 0.3 is 0 Å². The molecule has 1 fully saturated rings. The molecule has 82 valence electrons. The Morgan fingerprint density at radius 2 is 2.20 bits per heavy atom. The molecule has 2 rings (SSSR count). The van der Waals surface area contributed by atoms with E-state index in [1.807, 2.05) is 0 Å². The van der Waals surface area contributed by atoms with Crippen LogP contribution in [-0.2, 0) is 0 Å². The van der Waals surface area contributed by atoms with E-state index < -0.39 is 6.10 Å². The minimum Gasteiger partial charge on any atom is -0.388 e. The first-order valence-corrected chi connectivity index (χ1v) is 6.45. The number of halogens is 2. The summed E-state index contributed by atoms with van der Waals surface area (Å²) in [7, 11) is 0. The molecule has 0 aromatic heterocycles. The Balaban J connectivity index is 2.42. The largest absolute Gasteiger partial charge is 0.388 e. The molecule has 1 saturated carbocycles. The molecule has 0 bridgehead atoms. The van der Waals surface area contributed by atoms with Gasteiger partial charge in [0.15, 0.2) is 0 Å². The van der Waals surface area contributed by atoms with Gasteiger partial charge in [0.1, 0.15) is 5.82 Å². The summed E-state index contributed by atoms with van der Waals surface area (Å²) in [6, 6.07) is 3.29. The van der Waals surface area contributed by atoms with Crippen LogP contribution < -0.4 is 0 Å². The SMILES string of the molecule is CSc1ccc(Cl)c(C(O)C2CC2)c1F. The molecule has 1 unspecified atom stereocenters. The predicted molar refractivity (Wildman–Crippen MR) is 60.9 cm³/mol. The van der Waals surface area contributed by atoms with Crippen LogP contribution in [0.5, 0.6) is 0 Å². The highest BCUT2D eigenvalue weighted by atomic mass is 35.5. The molecular weight excluding hydrogens is 235 g/mol. The van der Waals surface area contributed by atoms with E-state index in [9.17, 15) is 9.50 Å². The van der Waals surface area contributed by atoms with Crippen molar-refractivity contribution in [2.24, 2.45) is 5.92 Å². The molecule has 1 N–H and O–H groups in total. The van der Waals surface area contributed by atoms with Gasteiger partial charge in [0.25, 0.3) is 0 Å². The van der Waals surface area contributed by atoms with E-state index in [4.69, 9.17) is 11.6 Å². The third-order valence-electron chi connectivity index (χ3n) is 2.68. The maximum absolute atomic E-state index is 13.9. The summed E-state index contributed by atoms with van der Waals surface area (Å²) < 4.78 is 13.9. The molecule has 1 aromatic carbocycles. The fourth-order valence-electron chi connectivity index (χ4n) is 1.63. The summed E-state index contributed by atoms with van der Waals surface area (Å²) in [5, 5.41) is 10.2. The number of aliphatic hydroxyl groups excluding tert-OH is 1. The molecule has 1 nitrogen and oxygen atoms in total. The van der Waals surface area contributed by atoms with Crippen LogP contribution in [0.4, 0.5) is 4.39 Å². The monoisotopic (exact) mass is 246 g/mol. The van der Waals surface area contributed by atoms with Crippen LogP contribution >= 0.6 is 23.4 Å². The number of thioether (sulfide) groups is 1. The quantitative estimate of drug-likeness (QED) is 0.822. The van der Waals surface area contributed by atoms with E-state index in [1.54, 1.807) is 18.4 Å². The Morgan fingerprint density at radius 1 is 1.53 bits per heavy atom. The maximum Gasteiger partial charge on any atom is 0.144 e. The average Bonchev–Trinajstić information content (AvgIpc) is 3.01. The first-order chi connectivity index (χ1) is 7.15. The lowest BCUT2D eigenvalue weighted by molar-refractivity contribution is 0.149. The number of hydrogen-bond donors (Lipinski definition) is 1. The molecular formula is C11H12ClFOS. The topological polar surface area (TPSA) is 20.2 Å². The van der Waals surface area contributed by atoms with Gasteiger partial charge in [0.05, 0.1) is 6.10 Å². The summed E-state index contributed by atoms with van der Waals surface area (Å²) in [5.74, 6) is -0.177. The molecule has 4 heteroatoms. The first-order valence-electron chi connectivity index (χ1n) is 4.85.